The predicted octanol–water partition coefficient (Wildman–Crippen LogP) is 2.80. The topological polar surface area (TPSA) is 120 Å². The van der Waals surface area contributed by atoms with E-state index in [9.17, 15) is 19.3 Å². The molecule has 0 aliphatic rings. The number of anilines is 1. The Labute approximate surface area is 145 Å². The number of nitrogens with zero attached hydrogens (tertiary/aromatic N) is 3. The summed E-state index contributed by atoms with van der Waals surface area (Å²) in [5, 5.41) is 20.3. The molecule has 0 aliphatic heterocycles. The number of carbonyl (C=O) groups excluding carboxylic acids is 1. The number of rotatable bonds is 6. The van der Waals surface area contributed by atoms with Crippen LogP contribution in [0.4, 0.5) is 15.8 Å². The lowest BCUT2D eigenvalue weighted by Crippen LogP contribution is -2.20. The van der Waals surface area contributed by atoms with Crippen LogP contribution in [0, 0.1) is 15.9 Å². The van der Waals surface area contributed by atoms with Crippen molar-refractivity contribution >= 4 is 17.3 Å². The normalized spacial score (nSPS) is 10.3. The van der Waals surface area contributed by atoms with E-state index in [0.29, 0.717) is 17.2 Å². The molecular weight excluding hydrogens is 347 g/mol. The van der Waals surface area contributed by atoms with Crippen molar-refractivity contribution in [3.05, 3.63) is 64.8 Å². The van der Waals surface area contributed by atoms with Gasteiger partial charge in [-0.3, -0.25) is 14.9 Å². The maximum Gasteiger partial charge on any atom is 0.271 e. The van der Waals surface area contributed by atoms with Gasteiger partial charge in [-0.15, -0.1) is 10.2 Å². The van der Waals surface area contributed by atoms with E-state index >= 15 is 0 Å². The average Bonchev–Trinajstić information content (AvgIpc) is 3.17. The first-order valence-electron chi connectivity index (χ1n) is 7.26. The largest absolute Gasteiger partial charge is 0.484 e. The summed E-state index contributed by atoms with van der Waals surface area (Å²) in [5.74, 6) is -0.711. The molecule has 0 unspecified atom stereocenters. The fraction of sp³-hybridized carbons (Fsp3) is 0.0625. The first-order valence-corrected chi connectivity index (χ1v) is 7.26. The van der Waals surface area contributed by atoms with E-state index in [4.69, 9.17) is 9.15 Å². The summed E-state index contributed by atoms with van der Waals surface area (Å²) < 4.78 is 24.0. The number of nitro groups is 1. The van der Waals surface area contributed by atoms with Gasteiger partial charge in [0.15, 0.2) is 6.61 Å². The Hall–Kier alpha value is -3.82. The minimum absolute atomic E-state index is 0.292. The predicted molar refractivity (Wildman–Crippen MR) is 86.9 cm³/mol. The van der Waals surface area contributed by atoms with E-state index in [0.717, 1.165) is 18.2 Å². The van der Waals surface area contributed by atoms with Crippen LogP contribution in [0.3, 0.4) is 0 Å². The lowest BCUT2D eigenvalue weighted by Gasteiger charge is -2.08. The molecule has 1 heterocycles. The monoisotopic (exact) mass is 358 g/mol. The van der Waals surface area contributed by atoms with Crippen molar-refractivity contribution in [1.29, 1.82) is 0 Å². The smallest absolute Gasteiger partial charge is 0.271 e. The summed E-state index contributed by atoms with van der Waals surface area (Å²) in [6.07, 6.45) is 1.21. The van der Waals surface area contributed by atoms with Crippen LogP contribution in [0.2, 0.25) is 0 Å². The highest BCUT2D eigenvalue weighted by atomic mass is 19.1. The molecule has 26 heavy (non-hydrogen) atoms. The van der Waals surface area contributed by atoms with E-state index in [-0.39, 0.29) is 11.4 Å². The molecule has 0 spiro atoms. The van der Waals surface area contributed by atoms with Crippen LogP contribution in [0.5, 0.6) is 5.75 Å². The van der Waals surface area contributed by atoms with Gasteiger partial charge in [-0.1, -0.05) is 0 Å². The van der Waals surface area contributed by atoms with E-state index in [1.165, 1.54) is 6.39 Å². The number of non-ortho nitro benzene ring substituents is 1. The summed E-state index contributed by atoms with van der Waals surface area (Å²) in [6.45, 7) is -0.401. The lowest BCUT2D eigenvalue weighted by atomic mass is 10.2. The minimum Gasteiger partial charge on any atom is -0.484 e. The van der Waals surface area contributed by atoms with Crippen molar-refractivity contribution in [3.63, 3.8) is 0 Å². The van der Waals surface area contributed by atoms with E-state index in [1.54, 1.807) is 24.3 Å². The van der Waals surface area contributed by atoms with Gasteiger partial charge in [-0.05, 0) is 30.3 Å². The van der Waals surface area contributed by atoms with E-state index in [1.807, 2.05) is 0 Å². The quantitative estimate of drug-likeness (QED) is 0.531. The number of hydrogen-bond donors (Lipinski definition) is 1. The second-order valence-electron chi connectivity index (χ2n) is 5.03. The molecule has 0 atom stereocenters. The summed E-state index contributed by atoms with van der Waals surface area (Å²) in [7, 11) is 0. The highest BCUT2D eigenvalue weighted by Gasteiger charge is 2.13. The second-order valence-corrected chi connectivity index (χ2v) is 5.03. The summed E-state index contributed by atoms with van der Waals surface area (Å²) in [4.78, 5) is 21.9. The van der Waals surface area contributed by atoms with Crippen molar-refractivity contribution in [1.82, 2.24) is 10.2 Å². The van der Waals surface area contributed by atoms with Crippen molar-refractivity contribution in [2.24, 2.45) is 0 Å². The molecule has 0 radical (unpaired) electrons. The van der Waals surface area contributed by atoms with Crippen molar-refractivity contribution in [3.8, 4) is 17.2 Å². The zero-order valence-corrected chi connectivity index (χ0v) is 13.1. The number of nitrogens with one attached hydrogen (secondary N) is 1. The molecule has 10 heteroatoms. The SMILES string of the molecule is O=C(COc1ccc(-c2nnco2)cc1)Nc1cc([N+](=O)[O-])ccc1F. The van der Waals surface area contributed by atoms with Crippen molar-refractivity contribution in [2.75, 3.05) is 11.9 Å². The molecule has 132 valence electrons. The van der Waals surface area contributed by atoms with E-state index < -0.39 is 23.3 Å². The van der Waals surface area contributed by atoms with Gasteiger partial charge < -0.3 is 14.5 Å². The highest BCUT2D eigenvalue weighted by Crippen LogP contribution is 2.22. The average molecular weight is 358 g/mol. The third-order valence-electron chi connectivity index (χ3n) is 3.27. The van der Waals surface area contributed by atoms with Crippen LogP contribution in [0.1, 0.15) is 0 Å². The van der Waals surface area contributed by atoms with E-state index in [2.05, 4.69) is 15.5 Å². The zero-order valence-electron chi connectivity index (χ0n) is 13.1. The summed E-state index contributed by atoms with van der Waals surface area (Å²) >= 11 is 0. The third kappa shape index (κ3) is 3.98. The Balaban J connectivity index is 1.59. The molecule has 9 nitrogen and oxygen atoms in total. The zero-order chi connectivity index (χ0) is 18.5. The molecule has 0 fully saturated rings. The van der Waals surface area contributed by atoms with Crippen LogP contribution in [-0.4, -0.2) is 27.6 Å². The number of carbonyl (C=O) groups is 1. The fourth-order valence-electron chi connectivity index (χ4n) is 2.05. The summed E-state index contributed by atoms with van der Waals surface area (Å²) in [5.41, 5.74) is 0.0525. The third-order valence-corrected chi connectivity index (χ3v) is 3.27. The molecule has 0 saturated heterocycles. The Morgan fingerprint density at radius 2 is 2.04 bits per heavy atom. The maximum absolute atomic E-state index is 13.6. The van der Waals surface area contributed by atoms with Gasteiger partial charge in [0, 0.05) is 17.7 Å². The number of nitro benzene ring substituents is 1. The highest BCUT2D eigenvalue weighted by molar-refractivity contribution is 5.92. The van der Waals surface area contributed by atoms with Gasteiger partial charge in [0.05, 0.1) is 10.6 Å². The van der Waals surface area contributed by atoms with Gasteiger partial charge in [0.25, 0.3) is 11.6 Å². The molecule has 1 amide bonds. The Morgan fingerprint density at radius 1 is 1.27 bits per heavy atom. The van der Waals surface area contributed by atoms with Gasteiger partial charge >= 0.3 is 0 Å². The Bertz CT molecular complexity index is 928. The second kappa shape index (κ2) is 7.38. The Kier molecular flexibility index (Phi) is 4.83. The van der Waals surface area contributed by atoms with Crippen LogP contribution >= 0.6 is 0 Å². The first kappa shape index (κ1) is 17.0. The maximum atomic E-state index is 13.6. The minimum atomic E-state index is -0.784. The molecule has 1 aromatic heterocycles. The Morgan fingerprint density at radius 3 is 2.69 bits per heavy atom. The summed E-state index contributed by atoms with van der Waals surface area (Å²) in [6, 6.07) is 9.38. The van der Waals surface area contributed by atoms with Gasteiger partial charge in [0.2, 0.25) is 12.3 Å². The number of ether oxygens (including phenoxy) is 1. The lowest BCUT2D eigenvalue weighted by molar-refractivity contribution is -0.384. The molecular formula is C16H11FN4O5. The van der Waals surface area contributed by atoms with Crippen LogP contribution in [0.15, 0.2) is 53.3 Å². The van der Waals surface area contributed by atoms with Gasteiger partial charge in [-0.25, -0.2) is 4.39 Å². The van der Waals surface area contributed by atoms with Crippen molar-refractivity contribution < 1.29 is 23.3 Å². The standard InChI is InChI=1S/C16H11FN4O5/c17-13-6-3-11(21(23)24)7-14(13)19-15(22)8-25-12-4-1-10(2-5-12)16-20-18-9-26-16/h1-7,9H,8H2,(H,19,22). The molecule has 2 aromatic carbocycles. The fourth-order valence-corrected chi connectivity index (χ4v) is 2.05. The number of amides is 1. The molecule has 3 aromatic rings. The van der Waals surface area contributed by atoms with Gasteiger partial charge in [0.1, 0.15) is 11.6 Å². The molecule has 0 bridgehead atoms. The van der Waals surface area contributed by atoms with Crippen molar-refractivity contribution in [2.45, 2.75) is 0 Å². The molecule has 1 N–H and O–H groups in total. The molecule has 3 rings (SSSR count). The number of aromatic nitrogens is 2. The number of hydrogen-bond acceptors (Lipinski definition) is 7. The van der Waals surface area contributed by atoms with Crippen LogP contribution < -0.4 is 10.1 Å². The van der Waals surface area contributed by atoms with Crippen LogP contribution in [0.25, 0.3) is 11.5 Å². The number of halogens is 1. The molecule has 0 aliphatic carbocycles. The van der Waals surface area contributed by atoms with Crippen LogP contribution in [-0.2, 0) is 4.79 Å². The molecule has 0 saturated carbocycles. The number of benzene rings is 2. The first-order chi connectivity index (χ1) is 12.5. The van der Waals surface area contributed by atoms with Gasteiger partial charge in [-0.2, -0.15) is 0 Å².